The number of hydrogen-bond acceptors (Lipinski definition) is 4. The van der Waals surface area contributed by atoms with Crippen LogP contribution in [-0.2, 0) is 0 Å². The van der Waals surface area contributed by atoms with E-state index in [2.05, 4.69) is 20.7 Å². The van der Waals surface area contributed by atoms with Crippen LogP contribution in [0.25, 0.3) is 22.0 Å². The minimum Gasteiger partial charge on any atom is -0.496 e. The molecular formula is C22H17ClN4O2. The van der Waals surface area contributed by atoms with Gasteiger partial charge in [0.25, 0.3) is 5.91 Å². The minimum absolute atomic E-state index is 0.284. The zero-order valence-corrected chi connectivity index (χ0v) is 16.3. The molecule has 0 unspecified atom stereocenters. The van der Waals surface area contributed by atoms with Crippen molar-refractivity contribution in [3.05, 3.63) is 83.0 Å². The van der Waals surface area contributed by atoms with Gasteiger partial charge in [-0.2, -0.15) is 10.2 Å². The summed E-state index contributed by atoms with van der Waals surface area (Å²) >= 11 is 6.07. The number of hydrogen-bond donors (Lipinski definition) is 2. The van der Waals surface area contributed by atoms with E-state index < -0.39 is 5.91 Å². The molecule has 0 saturated carbocycles. The van der Waals surface area contributed by atoms with E-state index in [9.17, 15) is 4.79 Å². The summed E-state index contributed by atoms with van der Waals surface area (Å²) in [6.07, 6.45) is 1.49. The van der Waals surface area contributed by atoms with E-state index in [4.69, 9.17) is 16.3 Å². The minimum atomic E-state index is -0.411. The Morgan fingerprint density at radius 1 is 1.14 bits per heavy atom. The van der Waals surface area contributed by atoms with Crippen LogP contribution in [-0.4, -0.2) is 29.4 Å². The predicted octanol–water partition coefficient (Wildman–Crippen LogP) is 4.66. The van der Waals surface area contributed by atoms with Crippen LogP contribution in [0.1, 0.15) is 16.1 Å². The lowest BCUT2D eigenvalue weighted by Gasteiger charge is -2.09. The number of benzene rings is 3. The van der Waals surface area contributed by atoms with Gasteiger partial charge in [-0.1, -0.05) is 60.1 Å². The monoisotopic (exact) mass is 404 g/mol. The molecule has 0 bridgehead atoms. The first-order chi connectivity index (χ1) is 14.2. The molecule has 4 rings (SSSR count). The Bertz CT molecular complexity index is 1220. The number of halogens is 1. The lowest BCUT2D eigenvalue weighted by molar-refractivity contribution is 0.0950. The highest BCUT2D eigenvalue weighted by atomic mass is 35.5. The van der Waals surface area contributed by atoms with Crippen molar-refractivity contribution in [3.63, 3.8) is 0 Å². The molecule has 2 N–H and O–H groups in total. The maximum absolute atomic E-state index is 12.4. The van der Waals surface area contributed by atoms with Gasteiger partial charge in [-0.05, 0) is 29.0 Å². The van der Waals surface area contributed by atoms with Gasteiger partial charge in [0.1, 0.15) is 11.4 Å². The average molecular weight is 405 g/mol. The van der Waals surface area contributed by atoms with Gasteiger partial charge in [-0.25, -0.2) is 5.43 Å². The number of aromatic amines is 1. The molecule has 1 amide bonds. The largest absolute Gasteiger partial charge is 0.496 e. The van der Waals surface area contributed by atoms with Gasteiger partial charge in [0, 0.05) is 10.6 Å². The predicted molar refractivity (Wildman–Crippen MR) is 115 cm³/mol. The summed E-state index contributed by atoms with van der Waals surface area (Å²) in [6, 6.07) is 20.7. The van der Waals surface area contributed by atoms with E-state index in [1.807, 2.05) is 48.5 Å². The third-order valence-electron chi connectivity index (χ3n) is 4.46. The third kappa shape index (κ3) is 3.83. The smallest absolute Gasteiger partial charge is 0.289 e. The molecule has 1 aromatic heterocycles. The molecular weight excluding hydrogens is 388 g/mol. The Labute approximate surface area is 172 Å². The lowest BCUT2D eigenvalue weighted by atomic mass is 10.0. The zero-order chi connectivity index (χ0) is 20.2. The highest BCUT2D eigenvalue weighted by Gasteiger charge is 2.16. The quantitative estimate of drug-likeness (QED) is 0.375. The van der Waals surface area contributed by atoms with Crippen molar-refractivity contribution in [2.75, 3.05) is 7.11 Å². The van der Waals surface area contributed by atoms with Crippen molar-refractivity contribution in [2.45, 2.75) is 0 Å². The number of carbonyl (C=O) groups is 1. The second-order valence-corrected chi connectivity index (χ2v) is 6.66. The van der Waals surface area contributed by atoms with E-state index in [0.717, 1.165) is 16.3 Å². The van der Waals surface area contributed by atoms with Crippen LogP contribution in [0.15, 0.2) is 71.8 Å². The summed E-state index contributed by atoms with van der Waals surface area (Å²) in [5, 5.41) is 13.6. The number of aromatic nitrogens is 2. The van der Waals surface area contributed by atoms with Crippen LogP contribution in [0.3, 0.4) is 0 Å². The van der Waals surface area contributed by atoms with Crippen molar-refractivity contribution in [2.24, 2.45) is 5.10 Å². The van der Waals surface area contributed by atoms with Gasteiger partial charge in [0.05, 0.1) is 24.6 Å². The highest BCUT2D eigenvalue weighted by molar-refractivity contribution is 6.33. The number of H-pyrrole nitrogens is 1. The summed E-state index contributed by atoms with van der Waals surface area (Å²) in [6.45, 7) is 0. The standard InChI is InChI=1S/C22H17ClN4O2/c1-29-20-11-10-14-6-2-4-8-16(14)21(20)18-12-19(26-25-18)22(28)27-24-13-15-7-3-5-9-17(15)23/h2-13H,1H3,(H,25,26)(H,27,28)/b24-13-. The molecule has 1 heterocycles. The van der Waals surface area contributed by atoms with Crippen LogP contribution in [0, 0.1) is 0 Å². The number of rotatable bonds is 5. The average Bonchev–Trinajstić information content (AvgIpc) is 3.24. The topological polar surface area (TPSA) is 79.4 Å². The Kier molecular flexibility index (Phi) is 5.27. The van der Waals surface area contributed by atoms with Crippen LogP contribution in [0.5, 0.6) is 5.75 Å². The Morgan fingerprint density at radius 3 is 2.76 bits per heavy atom. The van der Waals surface area contributed by atoms with Gasteiger partial charge < -0.3 is 4.74 Å². The Morgan fingerprint density at radius 2 is 1.93 bits per heavy atom. The van der Waals surface area contributed by atoms with Crippen molar-refractivity contribution >= 4 is 34.5 Å². The van der Waals surface area contributed by atoms with Crippen molar-refractivity contribution < 1.29 is 9.53 Å². The number of nitrogens with zero attached hydrogens (tertiary/aromatic N) is 2. The summed E-state index contributed by atoms with van der Waals surface area (Å²) in [7, 11) is 1.61. The first-order valence-electron chi connectivity index (χ1n) is 8.87. The number of carbonyl (C=O) groups excluding carboxylic acids is 1. The van der Waals surface area contributed by atoms with E-state index in [-0.39, 0.29) is 5.69 Å². The molecule has 144 valence electrons. The van der Waals surface area contributed by atoms with Gasteiger partial charge in [0.15, 0.2) is 0 Å². The normalized spacial score (nSPS) is 11.1. The maximum atomic E-state index is 12.4. The van der Waals surface area contributed by atoms with Crippen LogP contribution in [0.2, 0.25) is 5.02 Å². The zero-order valence-electron chi connectivity index (χ0n) is 15.5. The Balaban J connectivity index is 1.60. The molecule has 0 aliphatic rings. The van der Waals surface area contributed by atoms with Crippen molar-refractivity contribution in [3.8, 4) is 17.0 Å². The molecule has 7 heteroatoms. The Hall–Kier alpha value is -3.64. The van der Waals surface area contributed by atoms with Crippen molar-refractivity contribution in [1.29, 1.82) is 0 Å². The van der Waals surface area contributed by atoms with Gasteiger partial charge in [0.2, 0.25) is 0 Å². The molecule has 4 aromatic rings. The molecule has 6 nitrogen and oxygen atoms in total. The third-order valence-corrected chi connectivity index (χ3v) is 4.81. The highest BCUT2D eigenvalue weighted by Crippen LogP contribution is 2.36. The molecule has 0 aliphatic heterocycles. The van der Waals surface area contributed by atoms with Crippen LogP contribution < -0.4 is 10.2 Å². The number of hydrazone groups is 1. The van der Waals surface area contributed by atoms with E-state index in [1.54, 1.807) is 25.3 Å². The fourth-order valence-electron chi connectivity index (χ4n) is 3.05. The fraction of sp³-hybridized carbons (Fsp3) is 0.0455. The summed E-state index contributed by atoms with van der Waals surface area (Å²) in [5.41, 5.74) is 4.90. The van der Waals surface area contributed by atoms with Crippen LogP contribution >= 0.6 is 11.6 Å². The second-order valence-electron chi connectivity index (χ2n) is 6.25. The molecule has 0 spiro atoms. The number of nitrogens with one attached hydrogen (secondary N) is 2. The first-order valence-corrected chi connectivity index (χ1v) is 9.24. The van der Waals surface area contributed by atoms with E-state index in [1.165, 1.54) is 6.21 Å². The van der Waals surface area contributed by atoms with Gasteiger partial charge in [-0.3, -0.25) is 9.89 Å². The maximum Gasteiger partial charge on any atom is 0.289 e. The summed E-state index contributed by atoms with van der Waals surface area (Å²) in [5.74, 6) is 0.269. The molecule has 29 heavy (non-hydrogen) atoms. The molecule has 0 atom stereocenters. The number of fused-ring (bicyclic) bond motifs is 1. The molecule has 0 radical (unpaired) electrons. The van der Waals surface area contributed by atoms with Gasteiger partial charge in [-0.15, -0.1) is 0 Å². The lowest BCUT2D eigenvalue weighted by Crippen LogP contribution is -2.18. The number of ether oxygens (including phenoxy) is 1. The summed E-state index contributed by atoms with van der Waals surface area (Å²) in [4.78, 5) is 12.4. The van der Waals surface area contributed by atoms with E-state index >= 15 is 0 Å². The SMILES string of the molecule is COc1ccc2ccccc2c1-c1cc(C(=O)N/N=C\c2ccccc2Cl)[nH]n1. The molecule has 0 saturated heterocycles. The first kappa shape index (κ1) is 18.7. The summed E-state index contributed by atoms with van der Waals surface area (Å²) < 4.78 is 5.51. The van der Waals surface area contributed by atoms with E-state index in [0.29, 0.717) is 22.0 Å². The fourth-order valence-corrected chi connectivity index (χ4v) is 3.24. The number of amides is 1. The van der Waals surface area contributed by atoms with Gasteiger partial charge >= 0.3 is 0 Å². The second kappa shape index (κ2) is 8.16. The molecule has 3 aromatic carbocycles. The number of methoxy groups -OCH3 is 1. The molecule has 0 aliphatic carbocycles. The van der Waals surface area contributed by atoms with Crippen molar-refractivity contribution in [1.82, 2.24) is 15.6 Å². The molecule has 0 fully saturated rings. The van der Waals surface area contributed by atoms with Crippen LogP contribution in [0.4, 0.5) is 0 Å².